The van der Waals surface area contributed by atoms with E-state index in [2.05, 4.69) is 5.32 Å². The van der Waals surface area contributed by atoms with Crippen LogP contribution in [-0.4, -0.2) is 31.6 Å². The average Bonchev–Trinajstić information content (AvgIpc) is 2.30. The lowest BCUT2D eigenvalue weighted by Crippen LogP contribution is -2.48. The normalized spacial score (nSPS) is 14.7. The van der Waals surface area contributed by atoms with Gasteiger partial charge in [0.2, 0.25) is 0 Å². The van der Waals surface area contributed by atoms with Crippen molar-refractivity contribution in [2.75, 3.05) is 21.1 Å². The van der Waals surface area contributed by atoms with Crippen LogP contribution in [-0.2, 0) is 6.18 Å². The van der Waals surface area contributed by atoms with Crippen molar-refractivity contribution in [1.82, 2.24) is 10.2 Å². The van der Waals surface area contributed by atoms with Gasteiger partial charge < -0.3 is 10.2 Å². The highest BCUT2D eigenvalue weighted by Gasteiger charge is 2.37. The summed E-state index contributed by atoms with van der Waals surface area (Å²) in [7, 11) is 5.36. The smallest absolute Gasteiger partial charge is 0.311 e. The van der Waals surface area contributed by atoms with Crippen LogP contribution in [0.1, 0.15) is 31.0 Å². The Morgan fingerprint density at radius 1 is 1.15 bits per heavy atom. The van der Waals surface area contributed by atoms with E-state index in [4.69, 9.17) is 0 Å². The zero-order valence-electron chi connectivity index (χ0n) is 12.3. The van der Waals surface area contributed by atoms with E-state index in [1.165, 1.54) is 6.07 Å². The van der Waals surface area contributed by atoms with Gasteiger partial charge in [0.15, 0.2) is 0 Å². The molecule has 1 atom stereocenters. The first kappa shape index (κ1) is 16.9. The average molecular weight is 292 g/mol. The Kier molecular flexibility index (Phi) is 4.82. The van der Waals surface area contributed by atoms with Gasteiger partial charge in [-0.3, -0.25) is 0 Å². The Labute approximate surface area is 116 Å². The molecule has 0 aromatic heterocycles. The molecule has 0 heterocycles. The molecule has 6 heteroatoms. The standard InChI is InChI=1S/C14H20F4N2/c1-13(2,20(4)5)12(19-3)9-6-7-11(15)10(8-9)14(16,17)18/h6-8,12,19H,1-5H3. The van der Waals surface area contributed by atoms with E-state index < -0.39 is 23.1 Å². The molecule has 0 aliphatic heterocycles. The van der Waals surface area contributed by atoms with Gasteiger partial charge in [0, 0.05) is 11.6 Å². The number of alkyl halides is 3. The molecular weight excluding hydrogens is 272 g/mol. The van der Waals surface area contributed by atoms with Gasteiger partial charge in [-0.2, -0.15) is 13.2 Å². The molecule has 0 aliphatic rings. The van der Waals surface area contributed by atoms with Crippen LogP contribution in [0.25, 0.3) is 0 Å². The van der Waals surface area contributed by atoms with Gasteiger partial charge in [-0.15, -0.1) is 0 Å². The fraction of sp³-hybridized carbons (Fsp3) is 0.571. The minimum Gasteiger partial charge on any atom is -0.311 e. The van der Waals surface area contributed by atoms with Crippen LogP contribution in [0, 0.1) is 5.82 Å². The fourth-order valence-electron chi connectivity index (χ4n) is 2.13. The Morgan fingerprint density at radius 2 is 1.70 bits per heavy atom. The zero-order valence-corrected chi connectivity index (χ0v) is 12.3. The van der Waals surface area contributed by atoms with E-state index in [-0.39, 0.29) is 6.04 Å². The van der Waals surface area contributed by atoms with Crippen molar-refractivity contribution in [2.24, 2.45) is 0 Å². The summed E-state index contributed by atoms with van der Waals surface area (Å²) in [6.07, 6.45) is -4.69. The molecule has 0 aliphatic carbocycles. The van der Waals surface area contributed by atoms with Crippen molar-refractivity contribution in [3.05, 3.63) is 35.1 Å². The lowest BCUT2D eigenvalue weighted by Gasteiger charge is -2.40. The number of benzene rings is 1. The maximum atomic E-state index is 13.3. The lowest BCUT2D eigenvalue weighted by atomic mass is 9.87. The summed E-state index contributed by atoms with van der Waals surface area (Å²) in [6, 6.07) is 2.77. The van der Waals surface area contributed by atoms with Crippen LogP contribution >= 0.6 is 0 Å². The van der Waals surface area contributed by atoms with Crippen LogP contribution in [0.2, 0.25) is 0 Å². The molecule has 0 saturated heterocycles. The molecule has 1 unspecified atom stereocenters. The highest BCUT2D eigenvalue weighted by Crippen LogP contribution is 2.35. The van der Waals surface area contributed by atoms with Gasteiger partial charge >= 0.3 is 6.18 Å². The summed E-state index contributed by atoms with van der Waals surface area (Å²) in [5.41, 5.74) is -1.26. The van der Waals surface area contributed by atoms with E-state index in [0.717, 1.165) is 12.1 Å². The number of hydrogen-bond acceptors (Lipinski definition) is 2. The molecule has 1 N–H and O–H groups in total. The van der Waals surface area contributed by atoms with Crippen LogP contribution in [0.15, 0.2) is 18.2 Å². The fourth-order valence-corrected chi connectivity index (χ4v) is 2.13. The van der Waals surface area contributed by atoms with Gasteiger partial charge in [0.05, 0.1) is 5.56 Å². The lowest BCUT2D eigenvalue weighted by molar-refractivity contribution is -0.140. The molecule has 1 aromatic rings. The van der Waals surface area contributed by atoms with Crippen LogP contribution in [0.5, 0.6) is 0 Å². The third-order valence-corrected chi connectivity index (χ3v) is 3.78. The summed E-state index contributed by atoms with van der Waals surface area (Å²) in [5.74, 6) is -1.25. The first-order chi connectivity index (χ1) is 9.01. The molecule has 0 saturated carbocycles. The summed E-state index contributed by atoms with van der Waals surface area (Å²) >= 11 is 0. The number of nitrogens with zero attached hydrogens (tertiary/aromatic N) is 1. The molecule has 0 spiro atoms. The third kappa shape index (κ3) is 3.30. The largest absolute Gasteiger partial charge is 0.419 e. The Morgan fingerprint density at radius 3 is 2.10 bits per heavy atom. The number of halogens is 4. The topological polar surface area (TPSA) is 15.3 Å². The molecule has 114 valence electrons. The zero-order chi connectivity index (χ0) is 15.7. The molecule has 1 rings (SSSR count). The molecular formula is C14H20F4N2. The molecule has 0 fully saturated rings. The second kappa shape index (κ2) is 5.69. The summed E-state index contributed by atoms with van der Waals surface area (Å²) in [5, 5.41) is 3.01. The molecule has 0 bridgehead atoms. The second-order valence-corrected chi connectivity index (χ2v) is 5.51. The van der Waals surface area contributed by atoms with Gasteiger partial charge in [0.1, 0.15) is 5.82 Å². The highest BCUT2D eigenvalue weighted by molar-refractivity contribution is 5.31. The maximum Gasteiger partial charge on any atom is 0.419 e. The van der Waals surface area contributed by atoms with Crippen molar-refractivity contribution in [3.63, 3.8) is 0 Å². The molecule has 20 heavy (non-hydrogen) atoms. The Bertz CT molecular complexity index is 467. The minimum absolute atomic E-state index is 0.362. The Hall–Kier alpha value is -1.14. The monoisotopic (exact) mass is 292 g/mol. The first-order valence-corrected chi connectivity index (χ1v) is 6.23. The van der Waals surface area contributed by atoms with Crippen molar-refractivity contribution >= 4 is 0 Å². The van der Waals surface area contributed by atoms with Gasteiger partial charge in [0.25, 0.3) is 0 Å². The number of rotatable bonds is 4. The second-order valence-electron chi connectivity index (χ2n) is 5.51. The van der Waals surface area contributed by atoms with Crippen molar-refractivity contribution in [2.45, 2.75) is 31.6 Å². The predicted molar refractivity (Wildman–Crippen MR) is 71.0 cm³/mol. The number of hydrogen-bond donors (Lipinski definition) is 1. The van der Waals surface area contributed by atoms with E-state index in [1.54, 1.807) is 7.05 Å². The van der Waals surface area contributed by atoms with Crippen LogP contribution < -0.4 is 5.32 Å². The van der Waals surface area contributed by atoms with Crippen molar-refractivity contribution in [3.8, 4) is 0 Å². The number of likely N-dealkylation sites (N-methyl/N-ethyl adjacent to an activating group) is 2. The predicted octanol–water partition coefficient (Wildman–Crippen LogP) is 3.45. The summed E-state index contributed by atoms with van der Waals surface area (Å²) in [4.78, 5) is 1.91. The maximum absolute atomic E-state index is 13.3. The first-order valence-electron chi connectivity index (χ1n) is 6.23. The highest BCUT2D eigenvalue weighted by atomic mass is 19.4. The number of nitrogens with one attached hydrogen (secondary N) is 1. The van der Waals surface area contributed by atoms with Crippen molar-refractivity contribution in [1.29, 1.82) is 0 Å². The van der Waals surface area contributed by atoms with E-state index >= 15 is 0 Å². The van der Waals surface area contributed by atoms with E-state index in [9.17, 15) is 17.6 Å². The third-order valence-electron chi connectivity index (χ3n) is 3.78. The molecule has 1 aromatic carbocycles. The minimum atomic E-state index is -4.69. The van der Waals surface area contributed by atoms with E-state index in [0.29, 0.717) is 5.56 Å². The van der Waals surface area contributed by atoms with Crippen LogP contribution in [0.4, 0.5) is 17.6 Å². The Balaban J connectivity index is 3.32. The molecule has 2 nitrogen and oxygen atoms in total. The molecule has 0 amide bonds. The molecule has 0 radical (unpaired) electrons. The SMILES string of the molecule is CNC(c1ccc(F)c(C(F)(F)F)c1)C(C)(C)N(C)C. The summed E-state index contributed by atoms with van der Waals surface area (Å²) in [6.45, 7) is 3.82. The quantitative estimate of drug-likeness (QED) is 0.855. The van der Waals surface area contributed by atoms with Gasteiger partial charge in [-0.05, 0) is 52.7 Å². The van der Waals surface area contributed by atoms with Gasteiger partial charge in [-0.1, -0.05) is 6.07 Å². The summed E-state index contributed by atoms with van der Waals surface area (Å²) < 4.78 is 51.7. The van der Waals surface area contributed by atoms with E-state index in [1.807, 2.05) is 32.8 Å². The van der Waals surface area contributed by atoms with Crippen LogP contribution in [0.3, 0.4) is 0 Å². The van der Waals surface area contributed by atoms with Crippen molar-refractivity contribution < 1.29 is 17.6 Å². The van der Waals surface area contributed by atoms with Gasteiger partial charge in [-0.25, -0.2) is 4.39 Å².